The fourth-order valence-corrected chi connectivity index (χ4v) is 2.40. The number of nitrogens with one attached hydrogen (secondary N) is 2. The van der Waals surface area contributed by atoms with E-state index in [2.05, 4.69) is 20.4 Å². The highest BCUT2D eigenvalue weighted by atomic mass is 15.3. The average molecular weight is 192 g/mol. The number of fused-ring (bicyclic) bond motifs is 1. The Kier molecular flexibility index (Phi) is 1.94. The molecule has 1 aromatic rings. The predicted octanol–water partition coefficient (Wildman–Crippen LogP) is 1.00. The number of nitrogens with zero attached hydrogens (tertiary/aromatic N) is 2. The molecule has 1 fully saturated rings. The zero-order valence-electron chi connectivity index (χ0n) is 8.34. The van der Waals surface area contributed by atoms with Crippen LogP contribution in [0.5, 0.6) is 0 Å². The highest BCUT2D eigenvalue weighted by molar-refractivity contribution is 5.50. The maximum Gasteiger partial charge on any atom is 0.155 e. The zero-order valence-corrected chi connectivity index (χ0v) is 8.34. The van der Waals surface area contributed by atoms with Gasteiger partial charge in [-0.05, 0) is 19.3 Å². The van der Waals surface area contributed by atoms with Gasteiger partial charge in [0.1, 0.15) is 0 Å². The van der Waals surface area contributed by atoms with Crippen LogP contribution >= 0.6 is 0 Å². The summed E-state index contributed by atoms with van der Waals surface area (Å²) >= 11 is 0. The molecule has 4 heteroatoms. The molecule has 0 spiro atoms. The highest BCUT2D eigenvalue weighted by Crippen LogP contribution is 2.26. The molecule has 0 aliphatic carbocycles. The smallest absolute Gasteiger partial charge is 0.155 e. The summed E-state index contributed by atoms with van der Waals surface area (Å²) in [6, 6.07) is 0. The number of anilines is 1. The first-order chi connectivity index (χ1) is 6.95. The number of rotatable bonds is 1. The van der Waals surface area contributed by atoms with E-state index < -0.39 is 0 Å². The molecule has 0 bridgehead atoms. The topological polar surface area (TPSA) is 44.0 Å². The fourth-order valence-electron chi connectivity index (χ4n) is 2.40. The van der Waals surface area contributed by atoms with Crippen LogP contribution in [-0.2, 0) is 13.1 Å². The minimum absolute atomic E-state index is 0.955. The SMILES string of the molecule is C1CCN(c2n[nH]c3c2CNC3)CC1. The van der Waals surface area contributed by atoms with Crippen LogP contribution in [0.1, 0.15) is 30.5 Å². The van der Waals surface area contributed by atoms with Gasteiger partial charge in [0.05, 0.1) is 5.69 Å². The summed E-state index contributed by atoms with van der Waals surface area (Å²) in [4.78, 5) is 2.42. The largest absolute Gasteiger partial charge is 0.355 e. The van der Waals surface area contributed by atoms with Gasteiger partial charge in [-0.2, -0.15) is 5.10 Å². The summed E-state index contributed by atoms with van der Waals surface area (Å²) in [7, 11) is 0. The van der Waals surface area contributed by atoms with Crippen LogP contribution in [-0.4, -0.2) is 23.3 Å². The van der Waals surface area contributed by atoms with Crippen LogP contribution in [0.15, 0.2) is 0 Å². The maximum absolute atomic E-state index is 4.42. The first kappa shape index (κ1) is 8.29. The summed E-state index contributed by atoms with van der Waals surface area (Å²) in [5.74, 6) is 1.20. The van der Waals surface area contributed by atoms with E-state index >= 15 is 0 Å². The van der Waals surface area contributed by atoms with Crippen molar-refractivity contribution < 1.29 is 0 Å². The minimum atomic E-state index is 0.955. The Morgan fingerprint density at radius 2 is 1.93 bits per heavy atom. The summed E-state index contributed by atoms with van der Waals surface area (Å²) < 4.78 is 0. The van der Waals surface area contributed by atoms with Crippen LogP contribution < -0.4 is 10.2 Å². The van der Waals surface area contributed by atoms with Crippen molar-refractivity contribution in [1.82, 2.24) is 15.5 Å². The van der Waals surface area contributed by atoms with Gasteiger partial charge in [0, 0.05) is 31.7 Å². The number of H-pyrrole nitrogens is 1. The van der Waals surface area contributed by atoms with Gasteiger partial charge >= 0.3 is 0 Å². The van der Waals surface area contributed by atoms with E-state index in [1.165, 1.54) is 49.4 Å². The van der Waals surface area contributed by atoms with Crippen molar-refractivity contribution in [2.24, 2.45) is 0 Å². The van der Waals surface area contributed by atoms with Gasteiger partial charge in [0.25, 0.3) is 0 Å². The summed E-state index contributed by atoms with van der Waals surface area (Å²) in [6.45, 7) is 4.29. The van der Waals surface area contributed by atoms with E-state index in [-0.39, 0.29) is 0 Å². The van der Waals surface area contributed by atoms with E-state index in [1.807, 2.05) is 0 Å². The number of hydrogen-bond donors (Lipinski definition) is 2. The number of piperidine rings is 1. The molecule has 4 nitrogen and oxygen atoms in total. The van der Waals surface area contributed by atoms with Crippen molar-refractivity contribution in [3.63, 3.8) is 0 Å². The standard InChI is InChI=1S/C10H16N4/c1-2-4-14(5-3-1)10-8-6-11-7-9(8)12-13-10/h11H,1-7H2,(H,12,13). The lowest BCUT2D eigenvalue weighted by Gasteiger charge is -2.27. The summed E-state index contributed by atoms with van der Waals surface area (Å²) in [5, 5.41) is 10.9. The van der Waals surface area contributed by atoms with Gasteiger partial charge < -0.3 is 10.2 Å². The van der Waals surface area contributed by atoms with Crippen LogP contribution in [0.25, 0.3) is 0 Å². The lowest BCUT2D eigenvalue weighted by atomic mass is 10.1. The van der Waals surface area contributed by atoms with E-state index in [4.69, 9.17) is 0 Å². The average Bonchev–Trinajstić information content (AvgIpc) is 2.79. The molecule has 1 saturated heterocycles. The van der Waals surface area contributed by atoms with Crippen LogP contribution in [0.3, 0.4) is 0 Å². The van der Waals surface area contributed by atoms with Crippen LogP contribution in [0.4, 0.5) is 5.82 Å². The third-order valence-corrected chi connectivity index (χ3v) is 3.19. The fraction of sp³-hybridized carbons (Fsp3) is 0.700. The third kappa shape index (κ3) is 1.21. The summed E-state index contributed by atoms with van der Waals surface area (Å²) in [5.41, 5.74) is 2.68. The molecule has 0 atom stereocenters. The molecule has 76 valence electrons. The van der Waals surface area contributed by atoms with Gasteiger partial charge in [0.15, 0.2) is 5.82 Å². The highest BCUT2D eigenvalue weighted by Gasteiger charge is 2.22. The Bertz CT molecular complexity index is 325. The summed E-state index contributed by atoms with van der Waals surface area (Å²) in [6.07, 6.45) is 4.01. The Morgan fingerprint density at radius 1 is 1.07 bits per heavy atom. The van der Waals surface area contributed by atoms with E-state index in [0.29, 0.717) is 0 Å². The second-order valence-corrected chi connectivity index (χ2v) is 4.16. The molecule has 2 aliphatic heterocycles. The molecule has 0 saturated carbocycles. The van der Waals surface area contributed by atoms with E-state index in [1.54, 1.807) is 0 Å². The van der Waals surface area contributed by atoms with Gasteiger partial charge in [0.2, 0.25) is 0 Å². The van der Waals surface area contributed by atoms with Gasteiger partial charge in [-0.25, -0.2) is 0 Å². The molecule has 3 heterocycles. The molecule has 3 rings (SSSR count). The Labute approximate surface area is 83.7 Å². The zero-order chi connectivity index (χ0) is 9.38. The van der Waals surface area contributed by atoms with Crippen molar-refractivity contribution >= 4 is 5.82 Å². The third-order valence-electron chi connectivity index (χ3n) is 3.19. The molecule has 0 unspecified atom stereocenters. The lowest BCUT2D eigenvalue weighted by molar-refractivity contribution is 0.570. The molecule has 2 N–H and O–H groups in total. The van der Waals surface area contributed by atoms with E-state index in [9.17, 15) is 0 Å². The monoisotopic (exact) mass is 192 g/mol. The first-order valence-electron chi connectivity index (χ1n) is 5.47. The molecule has 0 radical (unpaired) electrons. The molecule has 14 heavy (non-hydrogen) atoms. The molecular formula is C10H16N4. The van der Waals surface area contributed by atoms with Crippen LogP contribution in [0, 0.1) is 0 Å². The van der Waals surface area contributed by atoms with Gasteiger partial charge in [-0.15, -0.1) is 0 Å². The minimum Gasteiger partial charge on any atom is -0.355 e. The number of hydrogen-bond acceptors (Lipinski definition) is 3. The van der Waals surface area contributed by atoms with Crippen molar-refractivity contribution in [3.05, 3.63) is 11.3 Å². The molecule has 2 aliphatic rings. The first-order valence-corrected chi connectivity index (χ1v) is 5.47. The van der Waals surface area contributed by atoms with Gasteiger partial charge in [-0.3, -0.25) is 5.10 Å². The second kappa shape index (κ2) is 3.28. The van der Waals surface area contributed by atoms with E-state index in [0.717, 1.165) is 13.1 Å². The van der Waals surface area contributed by atoms with Crippen molar-refractivity contribution in [1.29, 1.82) is 0 Å². The quantitative estimate of drug-likeness (QED) is 0.697. The van der Waals surface area contributed by atoms with Crippen LogP contribution in [0.2, 0.25) is 0 Å². The van der Waals surface area contributed by atoms with Crippen molar-refractivity contribution in [2.75, 3.05) is 18.0 Å². The Hall–Kier alpha value is -1.03. The molecule has 0 aromatic carbocycles. The van der Waals surface area contributed by atoms with Crippen molar-refractivity contribution in [2.45, 2.75) is 32.4 Å². The lowest BCUT2D eigenvalue weighted by Crippen LogP contribution is -2.30. The van der Waals surface area contributed by atoms with Gasteiger partial charge in [-0.1, -0.05) is 0 Å². The van der Waals surface area contributed by atoms with Crippen molar-refractivity contribution in [3.8, 4) is 0 Å². The number of aromatic nitrogens is 2. The Morgan fingerprint density at radius 3 is 2.79 bits per heavy atom. The molecule has 0 amide bonds. The maximum atomic E-state index is 4.42. The predicted molar refractivity (Wildman–Crippen MR) is 55.2 cm³/mol. The molecular weight excluding hydrogens is 176 g/mol. The second-order valence-electron chi connectivity index (χ2n) is 4.16. The normalized spacial score (nSPS) is 21.3. The molecule has 1 aromatic heterocycles. The Balaban J connectivity index is 1.88. The number of aromatic amines is 1.